The van der Waals surface area contributed by atoms with Crippen molar-refractivity contribution in [1.82, 2.24) is 0 Å². The Morgan fingerprint density at radius 1 is 0.800 bits per heavy atom. The number of benzene rings is 3. The minimum absolute atomic E-state index is 0.222. The summed E-state index contributed by atoms with van der Waals surface area (Å²) in [6.45, 7) is 1.38. The van der Waals surface area contributed by atoms with Gasteiger partial charge in [0.05, 0.1) is 5.56 Å². The largest absolute Gasteiger partial charge is 0.444 e. The summed E-state index contributed by atoms with van der Waals surface area (Å²) in [4.78, 5) is 36.5. The average molecular weight is 406 g/mol. The van der Waals surface area contributed by atoms with Crippen LogP contribution in [-0.2, 0) is 14.3 Å². The Kier molecular flexibility index (Phi) is 6.54. The molecule has 3 rings (SSSR count). The molecule has 3 aromatic carbocycles. The first-order valence-electron chi connectivity index (χ1n) is 9.12. The van der Waals surface area contributed by atoms with E-state index in [1.165, 1.54) is 43.3 Å². The molecule has 0 saturated heterocycles. The topological polar surface area (TPSA) is 84.5 Å². The van der Waals surface area contributed by atoms with Crippen molar-refractivity contribution in [2.75, 3.05) is 10.6 Å². The highest BCUT2D eigenvalue weighted by Gasteiger charge is 2.26. The molecule has 6 nitrogen and oxygen atoms in total. The quantitative estimate of drug-likeness (QED) is 0.597. The maximum Gasteiger partial charge on any atom is 0.339 e. The zero-order valence-electron chi connectivity index (χ0n) is 16.1. The number of carbonyl (C=O) groups excluding carboxylic acids is 3. The van der Waals surface area contributed by atoms with Crippen molar-refractivity contribution >= 4 is 29.2 Å². The van der Waals surface area contributed by atoms with Gasteiger partial charge < -0.3 is 15.4 Å². The fourth-order valence-corrected chi connectivity index (χ4v) is 2.71. The first kappa shape index (κ1) is 20.7. The lowest BCUT2D eigenvalue weighted by Gasteiger charge is -2.18. The predicted octanol–water partition coefficient (Wildman–Crippen LogP) is 4.32. The highest BCUT2D eigenvalue weighted by atomic mass is 19.1. The Morgan fingerprint density at radius 2 is 1.37 bits per heavy atom. The maximum atomic E-state index is 13.1. The van der Waals surface area contributed by atoms with Crippen LogP contribution in [0.1, 0.15) is 28.9 Å². The summed E-state index contributed by atoms with van der Waals surface area (Å²) in [5, 5.41) is 5.23. The van der Waals surface area contributed by atoms with Gasteiger partial charge in [-0.2, -0.15) is 0 Å². The lowest BCUT2D eigenvalue weighted by Crippen LogP contribution is -2.26. The van der Waals surface area contributed by atoms with Crippen molar-refractivity contribution in [1.29, 1.82) is 0 Å². The summed E-state index contributed by atoms with van der Waals surface area (Å²) < 4.78 is 18.6. The highest BCUT2D eigenvalue weighted by molar-refractivity contribution is 5.98. The number of nitrogens with one attached hydrogen (secondary N) is 2. The monoisotopic (exact) mass is 406 g/mol. The molecule has 0 spiro atoms. The molecule has 0 saturated carbocycles. The molecular formula is C23H19FN2O4. The number of anilines is 2. The van der Waals surface area contributed by atoms with E-state index < -0.39 is 23.8 Å². The van der Waals surface area contributed by atoms with Crippen molar-refractivity contribution < 1.29 is 23.5 Å². The van der Waals surface area contributed by atoms with Crippen LogP contribution in [0.4, 0.5) is 15.8 Å². The van der Waals surface area contributed by atoms with Gasteiger partial charge in [-0.3, -0.25) is 9.59 Å². The van der Waals surface area contributed by atoms with E-state index in [2.05, 4.69) is 10.6 Å². The SMILES string of the molecule is CC(=O)Nc1ccc(C(=O)O[C@H](C(=O)Nc2ccc(F)cc2)c2ccccc2)cc1. The molecule has 7 heteroatoms. The molecule has 30 heavy (non-hydrogen) atoms. The van der Waals surface area contributed by atoms with Gasteiger partial charge in [0.1, 0.15) is 5.82 Å². The zero-order valence-corrected chi connectivity index (χ0v) is 16.1. The lowest BCUT2D eigenvalue weighted by molar-refractivity contribution is -0.125. The molecule has 1 atom stereocenters. The number of hydrogen-bond acceptors (Lipinski definition) is 4. The standard InChI is InChI=1S/C23H19FN2O4/c1-15(27)25-19-11-7-17(8-12-19)23(29)30-21(16-5-3-2-4-6-16)22(28)26-20-13-9-18(24)10-14-20/h2-14,21H,1H3,(H,25,27)(H,26,28)/t21-/m0/s1. The summed E-state index contributed by atoms with van der Waals surface area (Å²) in [5.41, 5.74) is 1.62. The Labute approximate surface area is 172 Å². The number of rotatable bonds is 6. The van der Waals surface area contributed by atoms with E-state index in [0.717, 1.165) is 0 Å². The second kappa shape index (κ2) is 9.47. The van der Waals surface area contributed by atoms with E-state index in [1.807, 2.05) is 0 Å². The van der Waals surface area contributed by atoms with Gasteiger partial charge in [0, 0.05) is 23.9 Å². The number of amides is 2. The Balaban J connectivity index is 1.78. The summed E-state index contributed by atoms with van der Waals surface area (Å²) in [7, 11) is 0. The van der Waals surface area contributed by atoms with Gasteiger partial charge in [-0.15, -0.1) is 0 Å². The fourth-order valence-electron chi connectivity index (χ4n) is 2.71. The van der Waals surface area contributed by atoms with Crippen LogP contribution in [0.25, 0.3) is 0 Å². The molecule has 0 aliphatic rings. The average Bonchev–Trinajstić information content (AvgIpc) is 2.74. The summed E-state index contributed by atoms with van der Waals surface area (Å²) in [5.74, 6) is -1.93. The lowest BCUT2D eigenvalue weighted by atomic mass is 10.1. The van der Waals surface area contributed by atoms with Crippen LogP contribution >= 0.6 is 0 Å². The van der Waals surface area contributed by atoms with Gasteiger partial charge in [-0.25, -0.2) is 9.18 Å². The number of halogens is 1. The molecule has 0 radical (unpaired) electrons. The van der Waals surface area contributed by atoms with E-state index in [9.17, 15) is 18.8 Å². The summed E-state index contributed by atoms with van der Waals surface area (Å²) in [6.07, 6.45) is -1.21. The predicted molar refractivity (Wildman–Crippen MR) is 110 cm³/mol. The van der Waals surface area contributed by atoms with Gasteiger partial charge in [0.2, 0.25) is 12.0 Å². The van der Waals surface area contributed by atoms with Crippen LogP contribution in [0.15, 0.2) is 78.9 Å². The minimum atomic E-state index is -1.21. The van der Waals surface area contributed by atoms with E-state index in [-0.39, 0.29) is 11.5 Å². The summed E-state index contributed by atoms with van der Waals surface area (Å²) in [6, 6.07) is 19.9. The van der Waals surface area contributed by atoms with Crippen LogP contribution in [0.3, 0.4) is 0 Å². The van der Waals surface area contributed by atoms with Crippen molar-refractivity contribution in [3.05, 3.63) is 95.8 Å². The van der Waals surface area contributed by atoms with E-state index >= 15 is 0 Å². The first-order valence-corrected chi connectivity index (χ1v) is 9.12. The van der Waals surface area contributed by atoms with Crippen LogP contribution in [-0.4, -0.2) is 17.8 Å². The van der Waals surface area contributed by atoms with Crippen molar-refractivity contribution in [3.8, 4) is 0 Å². The number of carbonyl (C=O) groups is 3. The maximum absolute atomic E-state index is 13.1. The van der Waals surface area contributed by atoms with Crippen molar-refractivity contribution in [3.63, 3.8) is 0 Å². The fraction of sp³-hybridized carbons (Fsp3) is 0.0870. The third kappa shape index (κ3) is 5.51. The minimum Gasteiger partial charge on any atom is -0.444 e. The van der Waals surface area contributed by atoms with Crippen LogP contribution in [0.2, 0.25) is 0 Å². The molecule has 0 aliphatic heterocycles. The van der Waals surface area contributed by atoms with Crippen molar-refractivity contribution in [2.45, 2.75) is 13.0 Å². The number of esters is 1. The first-order chi connectivity index (χ1) is 14.4. The smallest absolute Gasteiger partial charge is 0.339 e. The molecule has 0 bridgehead atoms. The van der Waals surface area contributed by atoms with Gasteiger partial charge in [0.15, 0.2) is 0 Å². The second-order valence-corrected chi connectivity index (χ2v) is 6.45. The third-order valence-corrected chi connectivity index (χ3v) is 4.12. The number of hydrogen-bond donors (Lipinski definition) is 2. The molecule has 2 amide bonds. The second-order valence-electron chi connectivity index (χ2n) is 6.45. The highest BCUT2D eigenvalue weighted by Crippen LogP contribution is 2.22. The molecule has 0 fully saturated rings. The third-order valence-electron chi connectivity index (χ3n) is 4.12. The molecule has 0 heterocycles. The molecule has 2 N–H and O–H groups in total. The molecule has 3 aromatic rings. The molecule has 152 valence electrons. The Bertz CT molecular complexity index is 1040. The van der Waals surface area contributed by atoms with Gasteiger partial charge in [-0.05, 0) is 48.5 Å². The molecular weight excluding hydrogens is 387 g/mol. The molecule has 0 unspecified atom stereocenters. The molecule has 0 aliphatic carbocycles. The number of ether oxygens (including phenoxy) is 1. The van der Waals surface area contributed by atoms with Gasteiger partial charge in [-0.1, -0.05) is 30.3 Å². The van der Waals surface area contributed by atoms with Crippen LogP contribution in [0.5, 0.6) is 0 Å². The van der Waals surface area contributed by atoms with E-state index in [1.54, 1.807) is 42.5 Å². The van der Waals surface area contributed by atoms with Gasteiger partial charge >= 0.3 is 5.97 Å². The Morgan fingerprint density at radius 3 is 1.97 bits per heavy atom. The van der Waals surface area contributed by atoms with Gasteiger partial charge in [0.25, 0.3) is 5.91 Å². The van der Waals surface area contributed by atoms with Crippen LogP contribution < -0.4 is 10.6 Å². The Hall–Kier alpha value is -4.00. The normalized spacial score (nSPS) is 11.3. The summed E-state index contributed by atoms with van der Waals surface area (Å²) >= 11 is 0. The van der Waals surface area contributed by atoms with Crippen molar-refractivity contribution in [2.24, 2.45) is 0 Å². The molecule has 0 aromatic heterocycles. The van der Waals surface area contributed by atoms with E-state index in [0.29, 0.717) is 16.9 Å². The zero-order chi connectivity index (χ0) is 21.5. The van der Waals surface area contributed by atoms with Crippen LogP contribution in [0, 0.1) is 5.82 Å². The van der Waals surface area contributed by atoms with E-state index in [4.69, 9.17) is 4.74 Å².